The molecule has 2 heterocycles. The topological polar surface area (TPSA) is 46.0 Å². The molecule has 0 unspecified atom stereocenters. The van der Waals surface area contributed by atoms with E-state index in [1.54, 1.807) is 24.8 Å². The van der Waals surface area contributed by atoms with E-state index < -0.39 is 0 Å². The fourth-order valence-electron chi connectivity index (χ4n) is 3.96. The van der Waals surface area contributed by atoms with Crippen molar-refractivity contribution < 1.29 is 5.11 Å². The number of hydrogen-bond donors (Lipinski definition) is 1. The minimum Gasteiger partial charge on any atom is -0.508 e. The molecule has 0 spiro atoms. The Bertz CT molecular complexity index is 1230. The van der Waals surface area contributed by atoms with Gasteiger partial charge in [-0.3, -0.25) is 9.97 Å². The van der Waals surface area contributed by atoms with Crippen LogP contribution in [-0.4, -0.2) is 15.1 Å². The van der Waals surface area contributed by atoms with Gasteiger partial charge in [0.2, 0.25) is 0 Å². The van der Waals surface area contributed by atoms with Crippen LogP contribution in [0.15, 0.2) is 116 Å². The van der Waals surface area contributed by atoms with Crippen molar-refractivity contribution in [3.05, 3.63) is 116 Å². The lowest BCUT2D eigenvalue weighted by atomic mass is 9.90. The predicted molar refractivity (Wildman–Crippen MR) is 125 cm³/mol. The summed E-state index contributed by atoms with van der Waals surface area (Å²) >= 11 is 0. The van der Waals surface area contributed by atoms with Crippen LogP contribution in [-0.2, 0) is 0 Å². The molecule has 31 heavy (non-hydrogen) atoms. The van der Waals surface area contributed by atoms with Crippen LogP contribution >= 0.6 is 0 Å². The first-order valence-corrected chi connectivity index (χ1v) is 10.1. The van der Waals surface area contributed by atoms with Gasteiger partial charge in [0.25, 0.3) is 0 Å². The van der Waals surface area contributed by atoms with E-state index in [4.69, 9.17) is 0 Å². The summed E-state index contributed by atoms with van der Waals surface area (Å²) in [6.45, 7) is 0. The number of aromatic nitrogens is 2. The van der Waals surface area contributed by atoms with Gasteiger partial charge in [-0.25, -0.2) is 0 Å². The van der Waals surface area contributed by atoms with Gasteiger partial charge in [-0.15, -0.1) is 0 Å². The van der Waals surface area contributed by atoms with E-state index in [2.05, 4.69) is 40.3 Å². The van der Waals surface area contributed by atoms with Crippen molar-refractivity contribution in [3.8, 4) is 50.3 Å². The van der Waals surface area contributed by atoms with Gasteiger partial charge in [0.15, 0.2) is 0 Å². The van der Waals surface area contributed by atoms with Crippen molar-refractivity contribution in [3.63, 3.8) is 0 Å². The Labute approximate surface area is 181 Å². The van der Waals surface area contributed by atoms with Crippen LogP contribution in [0.5, 0.6) is 5.75 Å². The first-order chi connectivity index (χ1) is 15.3. The van der Waals surface area contributed by atoms with Crippen molar-refractivity contribution in [2.24, 2.45) is 0 Å². The van der Waals surface area contributed by atoms with Crippen LogP contribution < -0.4 is 0 Å². The van der Waals surface area contributed by atoms with Crippen LogP contribution in [0, 0.1) is 0 Å². The molecule has 3 nitrogen and oxygen atoms in total. The average molecular weight is 400 g/mol. The maximum atomic E-state index is 10.6. The Balaban J connectivity index is 1.68. The summed E-state index contributed by atoms with van der Waals surface area (Å²) in [7, 11) is 0. The molecule has 0 fully saturated rings. The highest BCUT2D eigenvalue weighted by molar-refractivity contribution is 5.89. The van der Waals surface area contributed by atoms with Gasteiger partial charge in [-0.05, 0) is 87.0 Å². The Morgan fingerprint density at radius 2 is 0.774 bits per heavy atom. The van der Waals surface area contributed by atoms with Crippen LogP contribution in [0.25, 0.3) is 44.5 Å². The molecule has 0 atom stereocenters. The molecule has 0 amide bonds. The van der Waals surface area contributed by atoms with Gasteiger partial charge in [0, 0.05) is 24.8 Å². The van der Waals surface area contributed by atoms with E-state index in [0.29, 0.717) is 0 Å². The summed E-state index contributed by atoms with van der Waals surface area (Å²) < 4.78 is 0. The molecule has 0 bridgehead atoms. The fourth-order valence-corrected chi connectivity index (χ4v) is 3.96. The van der Waals surface area contributed by atoms with Gasteiger partial charge in [-0.2, -0.15) is 0 Å². The van der Waals surface area contributed by atoms with Crippen molar-refractivity contribution in [1.82, 2.24) is 9.97 Å². The zero-order valence-electron chi connectivity index (χ0n) is 16.8. The van der Waals surface area contributed by atoms with E-state index in [9.17, 15) is 5.11 Å². The molecule has 0 aliphatic heterocycles. The maximum absolute atomic E-state index is 10.6. The number of benzene rings is 3. The molecule has 3 aromatic carbocycles. The van der Waals surface area contributed by atoms with Crippen LogP contribution in [0.2, 0.25) is 0 Å². The van der Waals surface area contributed by atoms with Crippen molar-refractivity contribution in [2.75, 3.05) is 0 Å². The second kappa shape index (κ2) is 8.25. The lowest BCUT2D eigenvalue weighted by Crippen LogP contribution is -1.89. The minimum absolute atomic E-state index is 0.238. The molecule has 5 aromatic rings. The molecule has 1 N–H and O–H groups in total. The molecule has 2 aromatic heterocycles. The van der Waals surface area contributed by atoms with Gasteiger partial charge in [0.05, 0.1) is 0 Å². The number of pyridine rings is 2. The van der Waals surface area contributed by atoms with Crippen LogP contribution in [0.1, 0.15) is 0 Å². The smallest absolute Gasteiger partial charge is 0.116 e. The Morgan fingerprint density at radius 1 is 0.419 bits per heavy atom. The molecule has 5 rings (SSSR count). The maximum Gasteiger partial charge on any atom is 0.116 e. The lowest BCUT2D eigenvalue weighted by Gasteiger charge is -2.14. The number of phenols is 1. The predicted octanol–water partition coefficient (Wildman–Crippen LogP) is 6.85. The number of phenolic OH excluding ortho intramolecular Hbond substituents is 1. The third-order valence-corrected chi connectivity index (χ3v) is 5.38. The van der Waals surface area contributed by atoms with Crippen molar-refractivity contribution >= 4 is 0 Å². The SMILES string of the molecule is Oc1cc(-c2ccccc2-c2ccncc2)cc(-c2ccccc2-c2ccncc2)c1. The summed E-state index contributed by atoms with van der Waals surface area (Å²) in [6, 6.07) is 30.2. The average Bonchev–Trinajstić information content (AvgIpc) is 2.85. The first-order valence-electron chi connectivity index (χ1n) is 10.1. The monoisotopic (exact) mass is 400 g/mol. The van der Waals surface area contributed by atoms with Gasteiger partial charge in [-0.1, -0.05) is 48.5 Å². The second-order valence-electron chi connectivity index (χ2n) is 7.33. The highest BCUT2D eigenvalue weighted by Crippen LogP contribution is 2.39. The zero-order chi connectivity index (χ0) is 21.0. The van der Waals surface area contributed by atoms with E-state index >= 15 is 0 Å². The molecule has 148 valence electrons. The molecule has 0 saturated carbocycles. The molecule has 0 saturated heterocycles. The lowest BCUT2D eigenvalue weighted by molar-refractivity contribution is 0.476. The van der Waals surface area contributed by atoms with Crippen LogP contribution in [0.4, 0.5) is 0 Å². The summed E-state index contributed by atoms with van der Waals surface area (Å²) in [5.74, 6) is 0.238. The largest absolute Gasteiger partial charge is 0.508 e. The van der Waals surface area contributed by atoms with Crippen molar-refractivity contribution in [1.29, 1.82) is 0 Å². The Hall–Kier alpha value is -4.24. The summed E-state index contributed by atoms with van der Waals surface area (Å²) in [5, 5.41) is 10.6. The Kier molecular flexibility index (Phi) is 4.99. The van der Waals surface area contributed by atoms with Gasteiger partial charge < -0.3 is 5.11 Å². The molecular formula is C28H20N2O. The van der Waals surface area contributed by atoms with E-state index in [1.807, 2.05) is 60.7 Å². The summed E-state index contributed by atoms with van der Waals surface area (Å²) in [5.41, 5.74) is 8.44. The highest BCUT2D eigenvalue weighted by Gasteiger charge is 2.12. The van der Waals surface area contributed by atoms with Crippen LogP contribution in [0.3, 0.4) is 0 Å². The molecule has 3 heteroatoms. The summed E-state index contributed by atoms with van der Waals surface area (Å²) in [4.78, 5) is 8.27. The number of nitrogens with zero attached hydrogens (tertiary/aromatic N) is 2. The molecular weight excluding hydrogens is 380 g/mol. The van der Waals surface area contributed by atoms with Gasteiger partial charge >= 0.3 is 0 Å². The van der Waals surface area contributed by atoms with E-state index in [0.717, 1.165) is 44.5 Å². The third-order valence-electron chi connectivity index (χ3n) is 5.38. The molecule has 0 aliphatic carbocycles. The third kappa shape index (κ3) is 3.81. The van der Waals surface area contributed by atoms with Crippen molar-refractivity contribution in [2.45, 2.75) is 0 Å². The molecule has 0 radical (unpaired) electrons. The first kappa shape index (κ1) is 18.8. The highest BCUT2D eigenvalue weighted by atomic mass is 16.3. The number of aromatic hydroxyl groups is 1. The summed E-state index contributed by atoms with van der Waals surface area (Å²) in [6.07, 6.45) is 7.19. The normalized spacial score (nSPS) is 10.7. The zero-order valence-corrected chi connectivity index (χ0v) is 16.8. The minimum atomic E-state index is 0.238. The second-order valence-corrected chi connectivity index (χ2v) is 7.33. The number of rotatable bonds is 4. The Morgan fingerprint density at radius 3 is 1.16 bits per heavy atom. The van der Waals surface area contributed by atoms with Gasteiger partial charge in [0.1, 0.15) is 5.75 Å². The fraction of sp³-hybridized carbons (Fsp3) is 0. The molecule has 0 aliphatic rings. The van der Waals surface area contributed by atoms with E-state index in [1.165, 1.54) is 0 Å². The standard InChI is InChI=1S/C28H20N2O/c31-24-18-22(27-7-3-1-5-25(27)20-9-13-29-14-10-20)17-23(19-24)28-8-4-2-6-26(28)21-11-15-30-16-12-21/h1-19,31H. The quantitative estimate of drug-likeness (QED) is 0.359. The van der Waals surface area contributed by atoms with E-state index in [-0.39, 0.29) is 5.75 Å². The number of hydrogen-bond acceptors (Lipinski definition) is 3.